The van der Waals surface area contributed by atoms with Crippen molar-refractivity contribution in [3.8, 4) is 0 Å². The topological polar surface area (TPSA) is 49.3 Å². The third-order valence-electron chi connectivity index (χ3n) is 3.66. The van der Waals surface area contributed by atoms with E-state index in [9.17, 15) is 13.6 Å². The molecule has 2 N–H and O–H groups in total. The van der Waals surface area contributed by atoms with E-state index in [1.54, 1.807) is 12.1 Å². The van der Waals surface area contributed by atoms with Crippen LogP contribution in [0.5, 0.6) is 0 Å². The lowest BCUT2D eigenvalue weighted by atomic mass is 10.0. The second-order valence-corrected chi connectivity index (χ2v) is 5.35. The van der Waals surface area contributed by atoms with Crippen molar-refractivity contribution < 1.29 is 18.7 Å². The number of hydrogen-bond donors (Lipinski definition) is 2. The Kier molecular flexibility index (Phi) is 6.23. The zero-order valence-corrected chi connectivity index (χ0v) is 12.6. The summed E-state index contributed by atoms with van der Waals surface area (Å²) in [4.78, 5) is 10.8. The molecule has 0 aliphatic carbocycles. The van der Waals surface area contributed by atoms with E-state index >= 15 is 0 Å². The Morgan fingerprint density at radius 3 is 2.22 bits per heavy atom. The first-order valence-corrected chi connectivity index (χ1v) is 7.44. The zero-order valence-electron chi connectivity index (χ0n) is 12.6. The number of carbonyl (C=O) groups is 1. The Balaban J connectivity index is 1.88. The Morgan fingerprint density at radius 1 is 1.00 bits per heavy atom. The first-order chi connectivity index (χ1) is 11.1. The van der Waals surface area contributed by atoms with Gasteiger partial charge in [-0.25, -0.2) is 13.6 Å². The molecular formula is C18H19F2NO2. The second kappa shape index (κ2) is 8.39. The van der Waals surface area contributed by atoms with Gasteiger partial charge in [-0.3, -0.25) is 0 Å². The smallest absolute Gasteiger partial charge is 0.335 e. The summed E-state index contributed by atoms with van der Waals surface area (Å²) in [6.45, 7) is 0.281. The number of halogens is 2. The summed E-state index contributed by atoms with van der Waals surface area (Å²) in [7, 11) is 0. The lowest BCUT2D eigenvalue weighted by Crippen LogP contribution is -2.35. The van der Waals surface area contributed by atoms with Crippen molar-refractivity contribution in [2.24, 2.45) is 0 Å². The third-order valence-corrected chi connectivity index (χ3v) is 3.66. The van der Waals surface area contributed by atoms with Gasteiger partial charge in [0.1, 0.15) is 0 Å². The number of carboxylic acids is 1. The number of rotatable bonds is 8. The Morgan fingerprint density at radius 2 is 1.65 bits per heavy atom. The Hall–Kier alpha value is -2.27. The van der Waals surface area contributed by atoms with E-state index in [-0.39, 0.29) is 12.1 Å². The highest BCUT2D eigenvalue weighted by Gasteiger charge is 2.19. The van der Waals surface area contributed by atoms with Gasteiger partial charge >= 0.3 is 5.97 Å². The number of carboxylic acid groups (broad SMARTS) is 1. The summed E-state index contributed by atoms with van der Waals surface area (Å²) >= 11 is 0. The predicted molar refractivity (Wildman–Crippen MR) is 84.8 cm³/mol. The molecule has 2 aromatic carbocycles. The fraction of sp³-hybridized carbons (Fsp3) is 0.278. The maximum Gasteiger partial charge on any atom is 0.335 e. The van der Waals surface area contributed by atoms with Crippen LogP contribution in [-0.2, 0) is 13.0 Å². The van der Waals surface area contributed by atoms with Gasteiger partial charge in [0.2, 0.25) is 0 Å². The maximum absolute atomic E-state index is 13.1. The SMILES string of the molecule is O=C(O)c1ccc(CNC(CCc2ccccc2)C(F)F)cc1. The van der Waals surface area contributed by atoms with Crippen molar-refractivity contribution in [3.05, 3.63) is 71.3 Å². The number of alkyl halides is 2. The first-order valence-electron chi connectivity index (χ1n) is 7.44. The van der Waals surface area contributed by atoms with Gasteiger partial charge in [0, 0.05) is 6.54 Å². The number of aryl methyl sites for hydroxylation is 1. The zero-order chi connectivity index (χ0) is 16.7. The molecule has 0 fully saturated rings. The summed E-state index contributed by atoms with van der Waals surface area (Å²) in [5.41, 5.74) is 1.99. The molecule has 0 radical (unpaired) electrons. The van der Waals surface area contributed by atoms with E-state index in [2.05, 4.69) is 5.32 Å². The number of hydrogen-bond acceptors (Lipinski definition) is 2. The van der Waals surface area contributed by atoms with Crippen molar-refractivity contribution in [2.45, 2.75) is 31.9 Å². The van der Waals surface area contributed by atoms with Crippen LogP contribution in [0.2, 0.25) is 0 Å². The number of nitrogens with one attached hydrogen (secondary N) is 1. The molecule has 0 bridgehead atoms. The molecule has 0 heterocycles. The largest absolute Gasteiger partial charge is 0.478 e. The van der Waals surface area contributed by atoms with Crippen molar-refractivity contribution in [1.82, 2.24) is 5.32 Å². The average molecular weight is 319 g/mol. The van der Waals surface area contributed by atoms with E-state index in [1.807, 2.05) is 30.3 Å². The van der Waals surface area contributed by atoms with Crippen LogP contribution >= 0.6 is 0 Å². The standard InChI is InChI=1S/C18H19F2NO2/c19-17(20)16(11-8-13-4-2-1-3-5-13)21-12-14-6-9-15(10-7-14)18(22)23/h1-7,9-10,16-17,21H,8,11-12H2,(H,22,23). The van der Waals surface area contributed by atoms with Crippen LogP contribution in [0.4, 0.5) is 8.78 Å². The van der Waals surface area contributed by atoms with Gasteiger partial charge < -0.3 is 10.4 Å². The summed E-state index contributed by atoms with van der Waals surface area (Å²) in [5, 5.41) is 11.7. The minimum Gasteiger partial charge on any atom is -0.478 e. The minimum atomic E-state index is -2.45. The highest BCUT2D eigenvalue weighted by Crippen LogP contribution is 2.12. The van der Waals surface area contributed by atoms with Crippen LogP contribution in [0.3, 0.4) is 0 Å². The molecule has 5 heteroatoms. The van der Waals surface area contributed by atoms with Gasteiger partial charge in [0.05, 0.1) is 11.6 Å². The van der Waals surface area contributed by atoms with E-state index in [0.29, 0.717) is 12.8 Å². The molecule has 0 aliphatic rings. The molecule has 1 atom stereocenters. The quantitative estimate of drug-likeness (QED) is 0.779. The predicted octanol–water partition coefficient (Wildman–Crippen LogP) is 3.74. The van der Waals surface area contributed by atoms with Crippen LogP contribution in [0.1, 0.15) is 27.9 Å². The van der Waals surface area contributed by atoms with E-state index < -0.39 is 18.4 Å². The number of aromatic carboxylic acids is 1. The molecule has 0 spiro atoms. The lowest BCUT2D eigenvalue weighted by Gasteiger charge is -2.18. The molecule has 0 amide bonds. The highest BCUT2D eigenvalue weighted by molar-refractivity contribution is 5.87. The van der Waals surface area contributed by atoms with Gasteiger partial charge in [-0.15, -0.1) is 0 Å². The van der Waals surface area contributed by atoms with Gasteiger partial charge in [-0.2, -0.15) is 0 Å². The molecule has 2 rings (SSSR count). The van der Waals surface area contributed by atoms with Crippen LogP contribution < -0.4 is 5.32 Å². The van der Waals surface area contributed by atoms with Crippen LogP contribution in [0, 0.1) is 0 Å². The number of benzene rings is 2. The fourth-order valence-electron chi connectivity index (χ4n) is 2.30. The summed E-state index contributed by atoms with van der Waals surface area (Å²) < 4.78 is 26.3. The van der Waals surface area contributed by atoms with Crippen molar-refractivity contribution >= 4 is 5.97 Å². The summed E-state index contributed by atoms with van der Waals surface area (Å²) in [6.07, 6.45) is -1.52. The van der Waals surface area contributed by atoms with Crippen LogP contribution in [0.15, 0.2) is 54.6 Å². The van der Waals surface area contributed by atoms with E-state index in [4.69, 9.17) is 5.11 Å². The Bertz CT molecular complexity index is 615. The molecule has 0 saturated heterocycles. The lowest BCUT2D eigenvalue weighted by molar-refractivity contribution is 0.0697. The van der Waals surface area contributed by atoms with Crippen LogP contribution in [-0.4, -0.2) is 23.5 Å². The monoisotopic (exact) mass is 319 g/mol. The van der Waals surface area contributed by atoms with Gasteiger partial charge in [0.25, 0.3) is 6.43 Å². The van der Waals surface area contributed by atoms with E-state index in [0.717, 1.165) is 11.1 Å². The molecular weight excluding hydrogens is 300 g/mol. The normalized spacial score (nSPS) is 12.3. The maximum atomic E-state index is 13.1. The Labute approximate surface area is 134 Å². The minimum absolute atomic E-state index is 0.184. The molecule has 23 heavy (non-hydrogen) atoms. The molecule has 2 aromatic rings. The highest BCUT2D eigenvalue weighted by atomic mass is 19.3. The summed E-state index contributed by atoms with van der Waals surface area (Å²) in [5.74, 6) is -1.00. The van der Waals surface area contributed by atoms with Crippen molar-refractivity contribution in [2.75, 3.05) is 0 Å². The molecule has 0 aromatic heterocycles. The molecule has 0 saturated carbocycles. The third kappa shape index (κ3) is 5.45. The van der Waals surface area contributed by atoms with Crippen molar-refractivity contribution in [1.29, 1.82) is 0 Å². The van der Waals surface area contributed by atoms with E-state index in [1.165, 1.54) is 12.1 Å². The fourth-order valence-corrected chi connectivity index (χ4v) is 2.30. The van der Waals surface area contributed by atoms with Gasteiger partial charge in [0.15, 0.2) is 0 Å². The van der Waals surface area contributed by atoms with Crippen LogP contribution in [0.25, 0.3) is 0 Å². The molecule has 122 valence electrons. The summed E-state index contributed by atoms with van der Waals surface area (Å²) in [6, 6.07) is 14.9. The second-order valence-electron chi connectivity index (χ2n) is 5.35. The first kappa shape index (κ1) is 17.1. The van der Waals surface area contributed by atoms with Gasteiger partial charge in [-0.05, 0) is 36.1 Å². The molecule has 3 nitrogen and oxygen atoms in total. The molecule has 1 unspecified atom stereocenters. The van der Waals surface area contributed by atoms with Crippen molar-refractivity contribution in [3.63, 3.8) is 0 Å². The molecule has 0 aliphatic heterocycles. The van der Waals surface area contributed by atoms with Gasteiger partial charge in [-0.1, -0.05) is 42.5 Å². The average Bonchev–Trinajstić information content (AvgIpc) is 2.56.